The highest BCUT2D eigenvalue weighted by Crippen LogP contribution is 2.33. The van der Waals surface area contributed by atoms with Crippen LogP contribution >= 0.6 is 22.9 Å². The van der Waals surface area contributed by atoms with Crippen LogP contribution in [0.2, 0.25) is 5.02 Å². The summed E-state index contributed by atoms with van der Waals surface area (Å²) in [6, 6.07) is 6.13. The Bertz CT molecular complexity index is 906. The van der Waals surface area contributed by atoms with Crippen LogP contribution in [0.25, 0.3) is 0 Å². The summed E-state index contributed by atoms with van der Waals surface area (Å²) in [7, 11) is 0. The van der Waals surface area contributed by atoms with E-state index in [2.05, 4.69) is 20.8 Å². The molecule has 154 valence electrons. The summed E-state index contributed by atoms with van der Waals surface area (Å²) in [6.07, 6.45) is 1.50. The van der Waals surface area contributed by atoms with Gasteiger partial charge >= 0.3 is 12.0 Å². The van der Waals surface area contributed by atoms with Gasteiger partial charge in [-0.3, -0.25) is 9.59 Å². The van der Waals surface area contributed by atoms with Crippen LogP contribution in [0.1, 0.15) is 40.6 Å². The van der Waals surface area contributed by atoms with Crippen LogP contribution < -0.4 is 10.6 Å². The zero-order valence-corrected chi connectivity index (χ0v) is 17.3. The van der Waals surface area contributed by atoms with Gasteiger partial charge in [0, 0.05) is 17.3 Å². The lowest BCUT2D eigenvalue weighted by molar-refractivity contribution is -0.141. The maximum atomic E-state index is 12.4. The summed E-state index contributed by atoms with van der Waals surface area (Å²) < 4.78 is 4.81. The molecule has 1 aromatic heterocycles. The predicted molar refractivity (Wildman–Crippen MR) is 108 cm³/mol. The van der Waals surface area contributed by atoms with Crippen molar-refractivity contribution in [2.75, 3.05) is 25.0 Å². The van der Waals surface area contributed by atoms with E-state index in [1.54, 1.807) is 36.1 Å². The number of carbonyl (C=O) groups excluding carboxylic acids is 3. The minimum Gasteiger partial charge on any atom is -0.465 e. The van der Waals surface area contributed by atoms with Gasteiger partial charge in [0.15, 0.2) is 0 Å². The van der Waals surface area contributed by atoms with Gasteiger partial charge in [-0.1, -0.05) is 29.0 Å². The SMILES string of the molecule is CCOC(=O)CNC(=O)N1CCC[C@@H]1c1nnc(C(=O)Nc2cccc(Cl)c2)s1. The molecule has 1 fully saturated rings. The third-order valence-corrected chi connectivity index (χ3v) is 5.46. The van der Waals surface area contributed by atoms with Crippen molar-refractivity contribution in [1.82, 2.24) is 20.4 Å². The summed E-state index contributed by atoms with van der Waals surface area (Å²) in [6.45, 7) is 2.29. The van der Waals surface area contributed by atoms with Crippen LogP contribution in [0.5, 0.6) is 0 Å². The third kappa shape index (κ3) is 5.42. The number of hydrogen-bond acceptors (Lipinski definition) is 7. The number of halogens is 1. The Balaban J connectivity index is 1.63. The number of ether oxygens (including phenoxy) is 1. The number of urea groups is 1. The van der Waals surface area contributed by atoms with Crippen LogP contribution in [0, 0.1) is 0 Å². The van der Waals surface area contributed by atoms with Gasteiger partial charge in [-0.2, -0.15) is 0 Å². The highest BCUT2D eigenvalue weighted by atomic mass is 35.5. The summed E-state index contributed by atoms with van der Waals surface area (Å²) in [5, 5.41) is 14.6. The highest BCUT2D eigenvalue weighted by Gasteiger charge is 2.33. The number of aromatic nitrogens is 2. The van der Waals surface area contributed by atoms with Gasteiger partial charge in [0.1, 0.15) is 11.6 Å². The Labute approximate surface area is 176 Å². The molecule has 0 bridgehead atoms. The van der Waals surface area contributed by atoms with E-state index >= 15 is 0 Å². The van der Waals surface area contributed by atoms with Gasteiger partial charge in [0.2, 0.25) is 5.01 Å². The van der Waals surface area contributed by atoms with Crippen molar-refractivity contribution < 1.29 is 19.1 Å². The van der Waals surface area contributed by atoms with Gasteiger partial charge in [0.05, 0.1) is 12.6 Å². The maximum absolute atomic E-state index is 12.4. The molecule has 0 aliphatic carbocycles. The quantitative estimate of drug-likeness (QED) is 0.672. The monoisotopic (exact) mass is 437 g/mol. The molecule has 1 aliphatic rings. The van der Waals surface area contributed by atoms with Crippen molar-refractivity contribution in [2.45, 2.75) is 25.8 Å². The molecule has 1 atom stereocenters. The number of benzene rings is 1. The third-order valence-electron chi connectivity index (χ3n) is 4.21. The van der Waals surface area contributed by atoms with Gasteiger partial charge in [0.25, 0.3) is 5.91 Å². The van der Waals surface area contributed by atoms with Crippen molar-refractivity contribution in [1.29, 1.82) is 0 Å². The summed E-state index contributed by atoms with van der Waals surface area (Å²) in [4.78, 5) is 37.9. The number of nitrogens with zero attached hydrogens (tertiary/aromatic N) is 3. The lowest BCUT2D eigenvalue weighted by atomic mass is 10.2. The summed E-state index contributed by atoms with van der Waals surface area (Å²) >= 11 is 7.06. The Hall–Kier alpha value is -2.72. The first-order valence-electron chi connectivity index (χ1n) is 9.08. The van der Waals surface area contributed by atoms with Crippen LogP contribution in [-0.4, -0.2) is 52.7 Å². The molecular weight excluding hydrogens is 418 g/mol. The van der Waals surface area contributed by atoms with E-state index in [9.17, 15) is 14.4 Å². The molecule has 0 spiro atoms. The second-order valence-electron chi connectivity index (χ2n) is 6.23. The van der Waals surface area contributed by atoms with Crippen LogP contribution in [0.4, 0.5) is 10.5 Å². The maximum Gasteiger partial charge on any atom is 0.325 e. The van der Waals surface area contributed by atoms with E-state index in [0.29, 0.717) is 28.7 Å². The number of esters is 1. The van der Waals surface area contributed by atoms with Crippen molar-refractivity contribution in [2.24, 2.45) is 0 Å². The number of rotatable bonds is 6. The molecule has 0 radical (unpaired) electrons. The lowest BCUT2D eigenvalue weighted by Gasteiger charge is -2.22. The van der Waals surface area contributed by atoms with Gasteiger partial charge < -0.3 is 20.3 Å². The number of likely N-dealkylation sites (tertiary alicyclic amines) is 1. The van der Waals surface area contributed by atoms with Crippen LogP contribution in [-0.2, 0) is 9.53 Å². The molecule has 0 unspecified atom stereocenters. The summed E-state index contributed by atoms with van der Waals surface area (Å²) in [5.74, 6) is -0.889. The van der Waals surface area contributed by atoms with Crippen molar-refractivity contribution >= 4 is 46.5 Å². The van der Waals surface area contributed by atoms with E-state index in [1.807, 2.05) is 0 Å². The van der Waals surface area contributed by atoms with Gasteiger partial charge in [-0.15, -0.1) is 10.2 Å². The first kappa shape index (κ1) is 21.0. The van der Waals surface area contributed by atoms with Crippen LogP contribution in [0.3, 0.4) is 0 Å². The van der Waals surface area contributed by atoms with Gasteiger partial charge in [-0.05, 0) is 38.0 Å². The standard InChI is InChI=1S/C18H20ClN5O4S/c1-2-28-14(25)10-20-18(27)24-8-4-7-13(24)16-22-23-17(29-16)15(26)21-12-6-3-5-11(19)9-12/h3,5-6,9,13H,2,4,7-8,10H2,1H3,(H,20,27)(H,21,26)/t13-/m1/s1. The van der Waals surface area contributed by atoms with E-state index in [0.717, 1.165) is 17.8 Å². The van der Waals surface area contributed by atoms with Crippen LogP contribution in [0.15, 0.2) is 24.3 Å². The summed E-state index contributed by atoms with van der Waals surface area (Å²) in [5.41, 5.74) is 0.556. The average Bonchev–Trinajstić information content (AvgIpc) is 3.35. The molecule has 1 aromatic carbocycles. The molecule has 2 N–H and O–H groups in total. The fraction of sp³-hybridized carbons (Fsp3) is 0.389. The van der Waals surface area contributed by atoms with Gasteiger partial charge in [-0.25, -0.2) is 4.79 Å². The smallest absolute Gasteiger partial charge is 0.325 e. The van der Waals surface area contributed by atoms with E-state index in [4.69, 9.17) is 16.3 Å². The zero-order chi connectivity index (χ0) is 20.8. The first-order chi connectivity index (χ1) is 14.0. The first-order valence-corrected chi connectivity index (χ1v) is 10.3. The van der Waals surface area contributed by atoms with E-state index < -0.39 is 11.9 Å². The van der Waals surface area contributed by atoms with Crippen molar-refractivity contribution in [3.63, 3.8) is 0 Å². The molecule has 3 amide bonds. The number of anilines is 1. The lowest BCUT2D eigenvalue weighted by Crippen LogP contribution is -2.42. The van der Waals surface area contributed by atoms with Crippen molar-refractivity contribution in [3.8, 4) is 0 Å². The average molecular weight is 438 g/mol. The minimum atomic E-state index is -0.493. The topological polar surface area (TPSA) is 114 Å². The molecular formula is C18H20ClN5O4S. The number of amides is 3. The predicted octanol–water partition coefficient (Wildman–Crippen LogP) is 2.85. The molecule has 3 rings (SSSR count). The molecule has 2 heterocycles. The van der Waals surface area contributed by atoms with E-state index in [-0.39, 0.29) is 30.2 Å². The minimum absolute atomic E-state index is 0.193. The second-order valence-corrected chi connectivity index (χ2v) is 7.67. The fourth-order valence-electron chi connectivity index (χ4n) is 2.94. The number of hydrogen-bond donors (Lipinski definition) is 2. The second kappa shape index (κ2) is 9.66. The largest absolute Gasteiger partial charge is 0.465 e. The fourth-order valence-corrected chi connectivity index (χ4v) is 4.02. The zero-order valence-electron chi connectivity index (χ0n) is 15.7. The molecule has 9 nitrogen and oxygen atoms in total. The Morgan fingerprint density at radius 1 is 1.34 bits per heavy atom. The molecule has 1 aliphatic heterocycles. The Morgan fingerprint density at radius 3 is 2.93 bits per heavy atom. The molecule has 11 heteroatoms. The molecule has 1 saturated heterocycles. The molecule has 2 aromatic rings. The molecule has 0 saturated carbocycles. The van der Waals surface area contributed by atoms with Crippen molar-refractivity contribution in [3.05, 3.63) is 39.3 Å². The number of nitrogens with one attached hydrogen (secondary N) is 2. The normalized spacial score (nSPS) is 15.8. The highest BCUT2D eigenvalue weighted by molar-refractivity contribution is 7.13. The Kier molecular flexibility index (Phi) is 6.99. The molecule has 29 heavy (non-hydrogen) atoms. The van der Waals surface area contributed by atoms with E-state index in [1.165, 1.54) is 0 Å². The number of carbonyl (C=O) groups is 3. The Morgan fingerprint density at radius 2 is 2.17 bits per heavy atom.